The fourth-order valence-electron chi connectivity index (χ4n) is 1.72. The highest BCUT2D eigenvalue weighted by molar-refractivity contribution is 9.10. The van der Waals surface area contributed by atoms with E-state index in [0.29, 0.717) is 22.3 Å². The molecule has 0 aromatic heterocycles. The number of carbonyl (C=O) groups excluding carboxylic acids is 1. The average Bonchev–Trinajstić information content (AvgIpc) is 2.57. The molecule has 0 bridgehead atoms. The topological polar surface area (TPSA) is 64.3 Å². The molecule has 1 atom stereocenters. The monoisotopic (exact) mass is 280 g/mol. The zero-order chi connectivity index (χ0) is 11.7. The normalized spacial score (nSPS) is 19.9. The number of hydrogen-bond donors (Lipinski definition) is 1. The Morgan fingerprint density at radius 1 is 1.56 bits per heavy atom. The molecule has 82 valence electrons. The first kappa shape index (κ1) is 11.1. The predicted octanol–water partition coefficient (Wildman–Crippen LogP) is 1.42. The van der Waals surface area contributed by atoms with Gasteiger partial charge < -0.3 is 10.0 Å². The number of nitrogens with zero attached hydrogens (tertiary/aromatic N) is 2. The molecule has 1 aromatic carbocycles. The first-order chi connectivity index (χ1) is 7.61. The summed E-state index contributed by atoms with van der Waals surface area (Å²) in [6.45, 7) is 0.309. The molecule has 16 heavy (non-hydrogen) atoms. The van der Waals surface area contributed by atoms with Gasteiger partial charge in [0.1, 0.15) is 0 Å². The van der Waals surface area contributed by atoms with Crippen molar-refractivity contribution in [2.45, 2.75) is 12.5 Å². The third-order valence-corrected chi connectivity index (χ3v) is 3.11. The van der Waals surface area contributed by atoms with E-state index in [1.54, 1.807) is 18.2 Å². The van der Waals surface area contributed by atoms with Gasteiger partial charge in [-0.15, -0.1) is 0 Å². The summed E-state index contributed by atoms with van der Waals surface area (Å²) in [5.41, 5.74) is 1.23. The molecule has 1 heterocycles. The maximum atomic E-state index is 11.6. The van der Waals surface area contributed by atoms with Crippen LogP contribution in [0.5, 0.6) is 0 Å². The molecule has 2 rings (SSSR count). The number of hydrogen-bond acceptors (Lipinski definition) is 3. The van der Waals surface area contributed by atoms with Crippen molar-refractivity contribution in [1.82, 2.24) is 0 Å². The average molecular weight is 281 g/mol. The molecule has 0 spiro atoms. The van der Waals surface area contributed by atoms with Gasteiger partial charge in [-0.3, -0.25) is 4.79 Å². The zero-order valence-electron chi connectivity index (χ0n) is 8.35. The molecule has 1 aliphatic rings. The summed E-state index contributed by atoms with van der Waals surface area (Å²) in [5.74, 6) is -0.0992. The van der Waals surface area contributed by atoms with Crippen LogP contribution >= 0.6 is 15.9 Å². The molecule has 1 aliphatic heterocycles. The Hall–Kier alpha value is -1.38. The van der Waals surface area contributed by atoms with E-state index in [1.165, 1.54) is 4.90 Å². The molecule has 1 saturated heterocycles. The van der Waals surface area contributed by atoms with E-state index in [4.69, 9.17) is 5.26 Å². The number of rotatable bonds is 1. The first-order valence-corrected chi connectivity index (χ1v) is 5.59. The van der Waals surface area contributed by atoms with Gasteiger partial charge in [-0.05, 0) is 34.1 Å². The standard InChI is InChI=1S/C11H9BrN2O2/c12-9-3-7(5-13)1-2-10(9)14-6-8(15)4-11(14)16/h1-3,8,15H,4,6H2. The number of aliphatic hydroxyl groups excluding tert-OH is 1. The third kappa shape index (κ3) is 1.94. The Labute approximate surface area is 101 Å². The second kappa shape index (κ2) is 4.24. The lowest BCUT2D eigenvalue weighted by Gasteiger charge is -2.17. The van der Waals surface area contributed by atoms with Crippen LogP contribution in [0.1, 0.15) is 12.0 Å². The minimum absolute atomic E-state index is 0.0992. The number of halogens is 1. The number of carbonyl (C=O) groups is 1. The van der Waals surface area contributed by atoms with Crippen LogP contribution in [0.25, 0.3) is 0 Å². The van der Waals surface area contributed by atoms with Crippen molar-refractivity contribution in [1.29, 1.82) is 5.26 Å². The first-order valence-electron chi connectivity index (χ1n) is 4.80. The summed E-state index contributed by atoms with van der Waals surface area (Å²) in [5, 5.41) is 18.1. The fraction of sp³-hybridized carbons (Fsp3) is 0.273. The number of nitriles is 1. The third-order valence-electron chi connectivity index (χ3n) is 2.47. The van der Waals surface area contributed by atoms with Crippen LogP contribution in [0.15, 0.2) is 22.7 Å². The number of amides is 1. The minimum atomic E-state index is -0.602. The molecular weight excluding hydrogens is 272 g/mol. The van der Waals surface area contributed by atoms with Crippen molar-refractivity contribution >= 4 is 27.5 Å². The summed E-state index contributed by atoms with van der Waals surface area (Å²) in [6, 6.07) is 7.04. The van der Waals surface area contributed by atoms with Crippen LogP contribution in [-0.2, 0) is 4.79 Å². The van der Waals surface area contributed by atoms with Gasteiger partial charge in [0.25, 0.3) is 0 Å². The summed E-state index contributed by atoms with van der Waals surface area (Å²) >= 11 is 3.32. The van der Waals surface area contributed by atoms with Crippen molar-refractivity contribution < 1.29 is 9.90 Å². The number of β-amino-alcohol motifs (C(OH)–C–C–N with tert-alkyl or cyclic N) is 1. The summed E-state index contributed by atoms with van der Waals surface area (Å²) in [4.78, 5) is 13.1. The van der Waals surface area contributed by atoms with Gasteiger partial charge in [-0.2, -0.15) is 5.26 Å². The molecule has 5 heteroatoms. The molecule has 0 saturated carbocycles. The number of benzene rings is 1. The maximum absolute atomic E-state index is 11.6. The van der Waals surface area contributed by atoms with Crippen molar-refractivity contribution in [3.8, 4) is 6.07 Å². The van der Waals surface area contributed by atoms with E-state index in [1.807, 2.05) is 6.07 Å². The van der Waals surface area contributed by atoms with Crippen molar-refractivity contribution in [2.75, 3.05) is 11.4 Å². The van der Waals surface area contributed by atoms with E-state index in [2.05, 4.69) is 15.9 Å². The SMILES string of the molecule is N#Cc1ccc(N2CC(O)CC2=O)c(Br)c1. The maximum Gasteiger partial charge on any atom is 0.229 e. The van der Waals surface area contributed by atoms with Crippen LogP contribution in [0, 0.1) is 11.3 Å². The second-order valence-electron chi connectivity index (χ2n) is 3.64. The quantitative estimate of drug-likeness (QED) is 0.846. The van der Waals surface area contributed by atoms with Gasteiger partial charge in [-0.1, -0.05) is 0 Å². The largest absolute Gasteiger partial charge is 0.391 e. The lowest BCUT2D eigenvalue weighted by atomic mass is 10.2. The van der Waals surface area contributed by atoms with Crippen LogP contribution in [-0.4, -0.2) is 23.7 Å². The van der Waals surface area contributed by atoms with Crippen LogP contribution < -0.4 is 4.90 Å². The van der Waals surface area contributed by atoms with Crippen molar-refractivity contribution in [2.24, 2.45) is 0 Å². The van der Waals surface area contributed by atoms with Gasteiger partial charge in [0.15, 0.2) is 0 Å². The van der Waals surface area contributed by atoms with E-state index >= 15 is 0 Å². The van der Waals surface area contributed by atoms with Crippen molar-refractivity contribution in [3.63, 3.8) is 0 Å². The van der Waals surface area contributed by atoms with Crippen molar-refractivity contribution in [3.05, 3.63) is 28.2 Å². The van der Waals surface area contributed by atoms with E-state index in [9.17, 15) is 9.90 Å². The van der Waals surface area contributed by atoms with Crippen LogP contribution in [0.2, 0.25) is 0 Å². The van der Waals surface area contributed by atoms with E-state index in [-0.39, 0.29) is 12.3 Å². The Bertz CT molecular complexity index is 481. The molecular formula is C11H9BrN2O2. The summed E-state index contributed by atoms with van der Waals surface area (Å²) in [6.07, 6.45) is -0.443. The van der Waals surface area contributed by atoms with E-state index < -0.39 is 6.10 Å². The van der Waals surface area contributed by atoms with Crippen LogP contribution in [0.3, 0.4) is 0 Å². The van der Waals surface area contributed by atoms with E-state index in [0.717, 1.165) is 0 Å². The smallest absolute Gasteiger partial charge is 0.229 e. The number of anilines is 1. The summed E-state index contributed by atoms with van der Waals surface area (Å²) in [7, 11) is 0. The Balaban J connectivity index is 2.35. The molecule has 1 unspecified atom stereocenters. The minimum Gasteiger partial charge on any atom is -0.391 e. The Morgan fingerprint density at radius 2 is 2.31 bits per heavy atom. The molecule has 1 aromatic rings. The molecule has 1 N–H and O–H groups in total. The van der Waals surface area contributed by atoms with Gasteiger partial charge >= 0.3 is 0 Å². The van der Waals surface area contributed by atoms with Gasteiger partial charge in [0.05, 0.1) is 36.4 Å². The molecule has 1 fully saturated rings. The van der Waals surface area contributed by atoms with Gasteiger partial charge in [-0.25, -0.2) is 0 Å². The highest BCUT2D eigenvalue weighted by atomic mass is 79.9. The lowest BCUT2D eigenvalue weighted by Crippen LogP contribution is -2.25. The Kier molecular flexibility index (Phi) is 2.95. The fourth-order valence-corrected chi connectivity index (χ4v) is 2.31. The highest BCUT2D eigenvalue weighted by Crippen LogP contribution is 2.30. The molecule has 0 aliphatic carbocycles. The summed E-state index contributed by atoms with van der Waals surface area (Å²) < 4.78 is 0.689. The lowest BCUT2D eigenvalue weighted by molar-refractivity contribution is -0.117. The van der Waals surface area contributed by atoms with Gasteiger partial charge in [0, 0.05) is 4.47 Å². The Morgan fingerprint density at radius 3 is 2.81 bits per heavy atom. The molecule has 0 radical (unpaired) electrons. The second-order valence-corrected chi connectivity index (χ2v) is 4.49. The zero-order valence-corrected chi connectivity index (χ0v) is 9.94. The molecule has 4 nitrogen and oxygen atoms in total. The van der Waals surface area contributed by atoms with Gasteiger partial charge in [0.2, 0.25) is 5.91 Å². The highest BCUT2D eigenvalue weighted by Gasteiger charge is 2.30. The number of aliphatic hydroxyl groups is 1. The van der Waals surface area contributed by atoms with Crippen LogP contribution in [0.4, 0.5) is 5.69 Å². The predicted molar refractivity (Wildman–Crippen MR) is 61.8 cm³/mol. The molecule has 1 amide bonds.